The van der Waals surface area contributed by atoms with Gasteiger partial charge in [0.15, 0.2) is 0 Å². The Balaban J connectivity index is 2.36. The molecule has 0 saturated carbocycles. The Morgan fingerprint density at radius 3 is 2.85 bits per heavy atom. The second kappa shape index (κ2) is 4.50. The summed E-state index contributed by atoms with van der Waals surface area (Å²) in [4.78, 5) is 23.6. The summed E-state index contributed by atoms with van der Waals surface area (Å²) in [6.07, 6.45) is 0.846. The molecule has 1 N–H and O–H groups in total. The smallest absolute Gasteiger partial charge is 0.232 e. The Morgan fingerprint density at radius 2 is 2.31 bits per heavy atom. The lowest BCUT2D eigenvalue weighted by atomic mass is 10.3. The normalized spacial score (nSPS) is 21.7. The van der Waals surface area contributed by atoms with E-state index in [4.69, 9.17) is 0 Å². The first kappa shape index (κ1) is 10.4. The number of hydrogen-bond acceptors (Lipinski definition) is 3. The van der Waals surface area contributed by atoms with Gasteiger partial charge in [-0.15, -0.1) is 0 Å². The van der Waals surface area contributed by atoms with Gasteiger partial charge in [-0.1, -0.05) is 0 Å². The minimum Gasteiger partial charge on any atom is -0.352 e. The molecule has 1 fully saturated rings. The van der Waals surface area contributed by atoms with Crippen LogP contribution in [0.5, 0.6) is 0 Å². The van der Waals surface area contributed by atoms with Crippen molar-refractivity contribution >= 4 is 24.4 Å². The van der Waals surface area contributed by atoms with E-state index >= 15 is 0 Å². The van der Waals surface area contributed by atoms with Crippen LogP contribution in [0.3, 0.4) is 0 Å². The molecule has 0 aliphatic carbocycles. The highest BCUT2D eigenvalue weighted by Gasteiger charge is 2.25. The van der Waals surface area contributed by atoms with E-state index in [2.05, 4.69) is 17.9 Å². The van der Waals surface area contributed by atoms with Gasteiger partial charge in [0.05, 0.1) is 5.75 Å². The van der Waals surface area contributed by atoms with E-state index in [1.54, 1.807) is 4.90 Å². The van der Waals surface area contributed by atoms with Gasteiger partial charge in [0.25, 0.3) is 0 Å². The monoisotopic (exact) mass is 202 g/mol. The third-order valence-electron chi connectivity index (χ3n) is 2.08. The van der Waals surface area contributed by atoms with E-state index in [1.807, 2.05) is 0 Å². The van der Waals surface area contributed by atoms with Crippen molar-refractivity contribution in [3.05, 3.63) is 0 Å². The van der Waals surface area contributed by atoms with Crippen LogP contribution in [0.1, 0.15) is 13.3 Å². The Bertz CT molecular complexity index is 220. The van der Waals surface area contributed by atoms with Crippen molar-refractivity contribution in [2.24, 2.45) is 0 Å². The number of nitrogens with zero attached hydrogens (tertiary/aromatic N) is 1. The SMILES string of the molecule is CC(=O)NC1CCN(C(=O)CS)C1. The fourth-order valence-electron chi connectivity index (χ4n) is 1.49. The van der Waals surface area contributed by atoms with E-state index in [0.717, 1.165) is 13.0 Å². The maximum atomic E-state index is 11.2. The van der Waals surface area contributed by atoms with Gasteiger partial charge < -0.3 is 10.2 Å². The summed E-state index contributed by atoms with van der Waals surface area (Å²) in [5.74, 6) is 0.244. The average molecular weight is 202 g/mol. The lowest BCUT2D eigenvalue weighted by Crippen LogP contribution is -2.37. The molecule has 74 valence electrons. The van der Waals surface area contributed by atoms with Crippen LogP contribution in [-0.4, -0.2) is 41.6 Å². The topological polar surface area (TPSA) is 49.4 Å². The van der Waals surface area contributed by atoms with E-state index in [0.29, 0.717) is 6.54 Å². The Labute approximate surface area is 83.1 Å². The first-order chi connectivity index (χ1) is 6.13. The molecule has 5 heteroatoms. The number of likely N-dealkylation sites (tertiary alicyclic amines) is 1. The van der Waals surface area contributed by atoms with Crippen molar-refractivity contribution in [2.75, 3.05) is 18.8 Å². The van der Waals surface area contributed by atoms with Crippen molar-refractivity contribution < 1.29 is 9.59 Å². The largest absolute Gasteiger partial charge is 0.352 e. The molecule has 1 atom stereocenters. The number of amides is 2. The molecule has 4 nitrogen and oxygen atoms in total. The van der Waals surface area contributed by atoms with Gasteiger partial charge in [-0.3, -0.25) is 9.59 Å². The molecule has 0 aromatic heterocycles. The van der Waals surface area contributed by atoms with Gasteiger partial charge in [-0.2, -0.15) is 12.6 Å². The Kier molecular flexibility index (Phi) is 3.59. The van der Waals surface area contributed by atoms with Crippen molar-refractivity contribution in [3.63, 3.8) is 0 Å². The minimum atomic E-state index is -0.0369. The molecule has 0 aromatic carbocycles. The molecule has 1 unspecified atom stereocenters. The third-order valence-corrected chi connectivity index (χ3v) is 2.35. The standard InChI is InChI=1S/C8H14N2O2S/c1-6(11)9-7-2-3-10(4-7)8(12)5-13/h7,13H,2-5H2,1H3,(H,9,11). The molecule has 1 rings (SSSR count). The summed E-state index contributed by atoms with van der Waals surface area (Å²) < 4.78 is 0. The van der Waals surface area contributed by atoms with Crippen molar-refractivity contribution in [3.8, 4) is 0 Å². The van der Waals surface area contributed by atoms with E-state index in [1.165, 1.54) is 6.92 Å². The Morgan fingerprint density at radius 1 is 1.62 bits per heavy atom. The van der Waals surface area contributed by atoms with Crippen LogP contribution in [0.25, 0.3) is 0 Å². The van der Waals surface area contributed by atoms with Gasteiger partial charge in [0.1, 0.15) is 0 Å². The zero-order valence-electron chi connectivity index (χ0n) is 7.62. The van der Waals surface area contributed by atoms with Gasteiger partial charge in [-0.05, 0) is 6.42 Å². The molecular weight excluding hydrogens is 188 g/mol. The van der Waals surface area contributed by atoms with Crippen molar-refractivity contribution in [1.82, 2.24) is 10.2 Å². The molecular formula is C8H14N2O2S. The number of thiol groups is 1. The van der Waals surface area contributed by atoms with Crippen LogP contribution in [0, 0.1) is 0 Å². The molecule has 2 amide bonds. The molecule has 1 heterocycles. The predicted molar refractivity (Wildman–Crippen MR) is 52.7 cm³/mol. The van der Waals surface area contributed by atoms with Crippen LogP contribution in [0.4, 0.5) is 0 Å². The van der Waals surface area contributed by atoms with Gasteiger partial charge in [0.2, 0.25) is 11.8 Å². The zero-order chi connectivity index (χ0) is 9.84. The number of rotatable bonds is 2. The molecule has 1 aliphatic rings. The van der Waals surface area contributed by atoms with Crippen LogP contribution >= 0.6 is 12.6 Å². The molecule has 0 spiro atoms. The zero-order valence-corrected chi connectivity index (χ0v) is 8.51. The summed E-state index contributed by atoms with van der Waals surface area (Å²) in [6.45, 7) is 2.84. The molecule has 1 saturated heterocycles. The second-order valence-corrected chi connectivity index (χ2v) is 3.50. The first-order valence-electron chi connectivity index (χ1n) is 4.29. The van der Waals surface area contributed by atoms with Crippen molar-refractivity contribution in [1.29, 1.82) is 0 Å². The summed E-state index contributed by atoms with van der Waals surface area (Å²) in [5.41, 5.74) is 0. The number of carbonyl (C=O) groups excluding carboxylic acids is 2. The summed E-state index contributed by atoms with van der Waals surface area (Å²) in [7, 11) is 0. The highest BCUT2D eigenvalue weighted by Crippen LogP contribution is 2.09. The highest BCUT2D eigenvalue weighted by molar-refractivity contribution is 7.81. The summed E-state index contributed by atoms with van der Waals surface area (Å²) in [5, 5.41) is 2.79. The molecule has 0 aromatic rings. The second-order valence-electron chi connectivity index (χ2n) is 3.18. The minimum absolute atomic E-state index is 0.0369. The molecule has 1 aliphatic heterocycles. The maximum absolute atomic E-state index is 11.2. The van der Waals surface area contributed by atoms with E-state index in [-0.39, 0.29) is 23.6 Å². The van der Waals surface area contributed by atoms with Crippen LogP contribution < -0.4 is 5.32 Å². The average Bonchev–Trinajstić information content (AvgIpc) is 2.50. The van der Waals surface area contributed by atoms with Crippen LogP contribution in [0.2, 0.25) is 0 Å². The number of hydrogen-bond donors (Lipinski definition) is 2. The first-order valence-corrected chi connectivity index (χ1v) is 4.92. The maximum Gasteiger partial charge on any atom is 0.232 e. The van der Waals surface area contributed by atoms with Crippen molar-refractivity contribution in [2.45, 2.75) is 19.4 Å². The number of nitrogens with one attached hydrogen (secondary N) is 1. The molecule has 13 heavy (non-hydrogen) atoms. The van der Waals surface area contributed by atoms with E-state index < -0.39 is 0 Å². The lowest BCUT2D eigenvalue weighted by Gasteiger charge is -2.15. The lowest BCUT2D eigenvalue weighted by molar-refractivity contribution is -0.127. The predicted octanol–water partition coefficient (Wildman–Crippen LogP) is -0.347. The molecule has 0 radical (unpaired) electrons. The van der Waals surface area contributed by atoms with Gasteiger partial charge in [0, 0.05) is 26.1 Å². The fraction of sp³-hybridized carbons (Fsp3) is 0.750. The van der Waals surface area contributed by atoms with Crippen LogP contribution in [0.15, 0.2) is 0 Å². The highest BCUT2D eigenvalue weighted by atomic mass is 32.1. The van der Waals surface area contributed by atoms with Gasteiger partial charge in [-0.25, -0.2) is 0 Å². The molecule has 0 bridgehead atoms. The summed E-state index contributed by atoms with van der Waals surface area (Å²) >= 11 is 3.91. The van der Waals surface area contributed by atoms with Crippen LogP contribution in [-0.2, 0) is 9.59 Å². The quantitative estimate of drug-likeness (QED) is 0.602. The third kappa shape index (κ3) is 2.91. The van der Waals surface area contributed by atoms with E-state index in [9.17, 15) is 9.59 Å². The Hall–Kier alpha value is -0.710. The fourth-order valence-corrected chi connectivity index (χ4v) is 1.69. The number of carbonyl (C=O) groups is 2. The summed E-state index contributed by atoms with van der Waals surface area (Å²) in [6, 6.07) is 0.126. The van der Waals surface area contributed by atoms with Gasteiger partial charge >= 0.3 is 0 Å².